The number of benzene rings is 3. The second kappa shape index (κ2) is 15.3. The minimum absolute atomic E-state index is 0.0473. The number of thioether (sulfide) groups is 1. The highest BCUT2D eigenvalue weighted by Crippen LogP contribution is 2.29. The molecule has 0 aliphatic heterocycles. The van der Waals surface area contributed by atoms with Crippen LogP contribution < -0.4 is 11.1 Å². The number of amides is 1. The van der Waals surface area contributed by atoms with E-state index >= 15 is 0 Å². The molecule has 1 heterocycles. The highest BCUT2D eigenvalue weighted by atomic mass is 35.5. The van der Waals surface area contributed by atoms with Crippen molar-refractivity contribution < 1.29 is 32.3 Å². The maximum Gasteiger partial charge on any atom is 0.364 e. The zero-order valence-corrected chi connectivity index (χ0v) is 26.9. The number of halogens is 1. The van der Waals surface area contributed by atoms with E-state index in [1.165, 1.54) is 0 Å². The first kappa shape index (κ1) is 33.8. The second-order valence-corrected chi connectivity index (χ2v) is 13.3. The summed E-state index contributed by atoms with van der Waals surface area (Å²) < 4.78 is 38.9. The van der Waals surface area contributed by atoms with Crippen LogP contribution in [-0.2, 0) is 28.0 Å². The third-order valence-electron chi connectivity index (χ3n) is 6.63. The Hall–Kier alpha value is -4.10. The number of carbonyl (C=O) groups excluding carboxylic acids is 1. The van der Waals surface area contributed by atoms with E-state index in [0.717, 1.165) is 28.5 Å². The molecule has 0 spiro atoms. The molecular formula is C32H32ClN3O7S2. The van der Waals surface area contributed by atoms with E-state index in [1.54, 1.807) is 24.3 Å². The van der Waals surface area contributed by atoms with Gasteiger partial charge in [-0.2, -0.15) is 0 Å². The fourth-order valence-corrected chi connectivity index (χ4v) is 5.68. The summed E-state index contributed by atoms with van der Waals surface area (Å²) in [7, 11) is -3.85. The number of ether oxygens (including phenoxy) is 1. The van der Waals surface area contributed by atoms with Crippen molar-refractivity contribution >= 4 is 50.4 Å². The van der Waals surface area contributed by atoms with Gasteiger partial charge in [0.25, 0.3) is 15.9 Å². The lowest BCUT2D eigenvalue weighted by Crippen LogP contribution is -2.45. The van der Waals surface area contributed by atoms with Crippen molar-refractivity contribution in [2.75, 3.05) is 12.0 Å². The Balaban J connectivity index is 1.54. The summed E-state index contributed by atoms with van der Waals surface area (Å²) in [5.41, 5.74) is 10.4. The largest absolute Gasteiger partial charge is 0.473 e. The topological polar surface area (TPSA) is 161 Å². The van der Waals surface area contributed by atoms with Crippen LogP contribution in [0.3, 0.4) is 0 Å². The molecular weight excluding hydrogens is 638 g/mol. The molecule has 236 valence electrons. The molecule has 0 radical (unpaired) electrons. The van der Waals surface area contributed by atoms with Gasteiger partial charge in [-0.05, 0) is 95.9 Å². The minimum atomic E-state index is -3.85. The SMILES string of the molecule is Cc1ccccc1-c1cc(COCc2ccc(-c3ccc(Cl)cc3)o2)ccc1C(=O)N[C@@H](CCSC(=O)O)C(N)=NS(C)(=O)=O. The number of amidine groups is 1. The molecule has 45 heavy (non-hydrogen) atoms. The third-order valence-corrected chi connectivity index (χ3v) is 8.11. The molecule has 0 saturated carbocycles. The number of aryl methyl sites for hydroxylation is 1. The second-order valence-electron chi connectivity index (χ2n) is 10.1. The summed E-state index contributed by atoms with van der Waals surface area (Å²) in [5.74, 6) is 0.553. The molecule has 1 amide bonds. The molecule has 4 aromatic rings. The molecule has 0 aliphatic rings. The summed E-state index contributed by atoms with van der Waals surface area (Å²) in [6, 6.07) is 22.9. The predicted molar refractivity (Wildman–Crippen MR) is 177 cm³/mol. The fraction of sp³-hybridized carbons (Fsp3) is 0.219. The van der Waals surface area contributed by atoms with Gasteiger partial charge in [-0.1, -0.05) is 41.9 Å². The van der Waals surface area contributed by atoms with Crippen LogP contribution in [0, 0.1) is 6.92 Å². The highest BCUT2D eigenvalue weighted by Gasteiger charge is 2.22. The van der Waals surface area contributed by atoms with Gasteiger partial charge in [0.15, 0.2) is 0 Å². The van der Waals surface area contributed by atoms with Crippen LogP contribution in [0.15, 0.2) is 87.7 Å². The standard InChI is InChI=1S/C32H32ClN3O7S2/c1-20-5-3-4-6-25(20)27-17-21(18-42-19-24-12-14-29(43-24)22-8-10-23(33)11-9-22)7-13-26(27)31(37)35-28(15-16-44-32(38)39)30(34)36-45(2,40)41/h3-14,17,28H,15-16,18-19H2,1-2H3,(H2,34,36)(H,35,37)(H,38,39)/t28-/m0/s1. The average molecular weight is 670 g/mol. The number of carbonyl (C=O) groups is 2. The molecule has 4 rings (SSSR count). The summed E-state index contributed by atoms with van der Waals surface area (Å²) in [6.45, 7) is 2.39. The molecule has 0 unspecified atom stereocenters. The first-order chi connectivity index (χ1) is 21.4. The van der Waals surface area contributed by atoms with Crippen molar-refractivity contribution in [3.8, 4) is 22.5 Å². The van der Waals surface area contributed by atoms with Gasteiger partial charge in [0.1, 0.15) is 24.0 Å². The van der Waals surface area contributed by atoms with Gasteiger partial charge in [-0.3, -0.25) is 4.79 Å². The van der Waals surface area contributed by atoms with Crippen molar-refractivity contribution in [2.45, 2.75) is 32.6 Å². The fourth-order valence-electron chi connectivity index (χ4n) is 4.52. The van der Waals surface area contributed by atoms with Gasteiger partial charge in [0.2, 0.25) is 0 Å². The Labute approximate surface area is 270 Å². The van der Waals surface area contributed by atoms with Crippen molar-refractivity contribution in [1.82, 2.24) is 5.32 Å². The van der Waals surface area contributed by atoms with E-state index in [0.29, 0.717) is 39.4 Å². The summed E-state index contributed by atoms with van der Waals surface area (Å²) in [4.78, 5) is 24.6. The number of rotatable bonds is 13. The number of nitrogens with two attached hydrogens (primary N) is 1. The minimum Gasteiger partial charge on any atom is -0.473 e. The maximum atomic E-state index is 13.6. The number of hydrogen-bond donors (Lipinski definition) is 3. The summed E-state index contributed by atoms with van der Waals surface area (Å²) in [6.07, 6.45) is 0.929. The van der Waals surface area contributed by atoms with Gasteiger partial charge in [-0.25, -0.2) is 13.2 Å². The molecule has 1 atom stereocenters. The van der Waals surface area contributed by atoms with Crippen LogP contribution in [0.5, 0.6) is 0 Å². The van der Waals surface area contributed by atoms with Crippen LogP contribution >= 0.6 is 23.4 Å². The molecule has 13 heteroatoms. The van der Waals surface area contributed by atoms with Gasteiger partial charge in [0.05, 0.1) is 18.9 Å². The zero-order valence-electron chi connectivity index (χ0n) is 24.5. The lowest BCUT2D eigenvalue weighted by Gasteiger charge is -2.20. The van der Waals surface area contributed by atoms with Crippen LogP contribution in [0.2, 0.25) is 5.02 Å². The number of nitrogens with zero attached hydrogens (tertiary/aromatic N) is 1. The smallest absolute Gasteiger partial charge is 0.364 e. The van der Waals surface area contributed by atoms with E-state index in [-0.39, 0.29) is 31.2 Å². The summed E-state index contributed by atoms with van der Waals surface area (Å²) >= 11 is 6.59. The lowest BCUT2D eigenvalue weighted by atomic mass is 9.93. The Bertz CT molecular complexity index is 1810. The number of carboxylic acid groups (broad SMARTS) is 1. The molecule has 3 aromatic carbocycles. The van der Waals surface area contributed by atoms with Crippen LogP contribution in [0.1, 0.15) is 33.7 Å². The van der Waals surface area contributed by atoms with E-state index in [9.17, 15) is 18.0 Å². The molecule has 10 nitrogen and oxygen atoms in total. The van der Waals surface area contributed by atoms with Crippen LogP contribution in [0.25, 0.3) is 22.5 Å². The maximum absolute atomic E-state index is 13.6. The molecule has 4 N–H and O–H groups in total. The molecule has 0 bridgehead atoms. The van der Waals surface area contributed by atoms with Gasteiger partial charge < -0.3 is 25.3 Å². The lowest BCUT2D eigenvalue weighted by molar-refractivity contribution is 0.0930. The van der Waals surface area contributed by atoms with Crippen molar-refractivity contribution in [3.63, 3.8) is 0 Å². The van der Waals surface area contributed by atoms with Crippen LogP contribution in [-0.4, -0.2) is 48.6 Å². The van der Waals surface area contributed by atoms with Gasteiger partial charge >= 0.3 is 5.30 Å². The van der Waals surface area contributed by atoms with Gasteiger partial charge in [-0.15, -0.1) is 4.40 Å². The first-order valence-corrected chi connectivity index (χ1v) is 16.9. The molecule has 0 fully saturated rings. The highest BCUT2D eigenvalue weighted by molar-refractivity contribution is 8.13. The normalized spacial score (nSPS) is 12.6. The summed E-state index contributed by atoms with van der Waals surface area (Å²) in [5, 5.41) is 11.3. The van der Waals surface area contributed by atoms with Crippen molar-refractivity contribution in [1.29, 1.82) is 0 Å². The molecule has 0 aliphatic carbocycles. The van der Waals surface area contributed by atoms with Crippen molar-refractivity contribution in [2.24, 2.45) is 10.1 Å². The predicted octanol–water partition coefficient (Wildman–Crippen LogP) is 6.51. The Morgan fingerprint density at radius 1 is 1.04 bits per heavy atom. The van der Waals surface area contributed by atoms with E-state index < -0.39 is 27.3 Å². The number of nitrogens with one attached hydrogen (secondary N) is 1. The van der Waals surface area contributed by atoms with Crippen molar-refractivity contribution in [3.05, 3.63) is 106 Å². The monoisotopic (exact) mass is 669 g/mol. The number of sulfonamides is 1. The quantitative estimate of drug-likeness (QED) is 0.106. The van der Waals surface area contributed by atoms with E-state index in [2.05, 4.69) is 9.71 Å². The van der Waals surface area contributed by atoms with E-state index in [4.69, 9.17) is 31.6 Å². The van der Waals surface area contributed by atoms with E-state index in [1.807, 2.05) is 61.5 Å². The van der Waals surface area contributed by atoms with Gasteiger partial charge in [0, 0.05) is 21.9 Å². The molecule has 1 aromatic heterocycles. The third kappa shape index (κ3) is 9.95. The Morgan fingerprint density at radius 3 is 2.47 bits per heavy atom. The number of furan rings is 1. The molecule has 0 saturated heterocycles. The Morgan fingerprint density at radius 2 is 1.78 bits per heavy atom. The Kier molecular flexibility index (Phi) is 11.5. The van der Waals surface area contributed by atoms with Crippen LogP contribution in [0.4, 0.5) is 4.79 Å². The number of hydrogen-bond acceptors (Lipinski definition) is 7. The first-order valence-electron chi connectivity index (χ1n) is 13.7. The zero-order chi connectivity index (χ0) is 32.6. The average Bonchev–Trinajstić information content (AvgIpc) is 3.45.